The summed E-state index contributed by atoms with van der Waals surface area (Å²) in [6.07, 6.45) is 2.06. The minimum atomic E-state index is 0.186. The molecule has 1 atom stereocenters. The van der Waals surface area contributed by atoms with Crippen LogP contribution in [0.3, 0.4) is 0 Å². The summed E-state index contributed by atoms with van der Waals surface area (Å²) < 4.78 is 10.8. The number of nitrogens with two attached hydrogens (primary N) is 1. The number of rotatable bonds is 3. The quantitative estimate of drug-likeness (QED) is 0.901. The molecule has 4 heteroatoms. The van der Waals surface area contributed by atoms with E-state index in [-0.39, 0.29) is 6.04 Å². The van der Waals surface area contributed by atoms with Crippen molar-refractivity contribution in [2.75, 3.05) is 0 Å². The Bertz CT molecular complexity index is 563. The fourth-order valence-corrected chi connectivity index (χ4v) is 2.36. The summed E-state index contributed by atoms with van der Waals surface area (Å²) in [4.78, 5) is 0. The van der Waals surface area contributed by atoms with Crippen LogP contribution in [0.4, 0.5) is 0 Å². The van der Waals surface area contributed by atoms with Crippen LogP contribution in [0.15, 0.2) is 28.8 Å². The maximum Gasteiger partial charge on any atom is 0.174 e. The standard InChI is InChI=1S/C14H16N2O2/c1-9-6-12(18-16-9)8-17-11-3-4-13-10(7-11)2-5-14(13)15/h3-4,6-7,14H,2,5,8,15H2,1H3/t14-/m0/s1. The fourth-order valence-electron chi connectivity index (χ4n) is 2.36. The Labute approximate surface area is 106 Å². The first-order valence-corrected chi connectivity index (χ1v) is 6.16. The molecule has 18 heavy (non-hydrogen) atoms. The lowest BCUT2D eigenvalue weighted by Crippen LogP contribution is -2.05. The van der Waals surface area contributed by atoms with Crippen molar-refractivity contribution in [1.29, 1.82) is 0 Å². The van der Waals surface area contributed by atoms with Crippen LogP contribution in [-0.4, -0.2) is 5.16 Å². The van der Waals surface area contributed by atoms with Crippen molar-refractivity contribution in [1.82, 2.24) is 5.16 Å². The van der Waals surface area contributed by atoms with Gasteiger partial charge in [0.25, 0.3) is 0 Å². The minimum absolute atomic E-state index is 0.186. The maximum absolute atomic E-state index is 6.00. The number of hydrogen-bond acceptors (Lipinski definition) is 4. The van der Waals surface area contributed by atoms with Crippen LogP contribution in [0.1, 0.15) is 35.0 Å². The van der Waals surface area contributed by atoms with E-state index in [2.05, 4.69) is 17.3 Å². The second-order valence-corrected chi connectivity index (χ2v) is 4.73. The minimum Gasteiger partial charge on any atom is -0.486 e. The molecule has 0 fully saturated rings. The van der Waals surface area contributed by atoms with E-state index in [1.165, 1.54) is 11.1 Å². The van der Waals surface area contributed by atoms with Gasteiger partial charge in [-0.3, -0.25) is 0 Å². The molecule has 0 saturated heterocycles. The lowest BCUT2D eigenvalue weighted by molar-refractivity contribution is 0.248. The zero-order valence-electron chi connectivity index (χ0n) is 10.3. The zero-order chi connectivity index (χ0) is 12.5. The summed E-state index contributed by atoms with van der Waals surface area (Å²) in [7, 11) is 0. The lowest BCUT2D eigenvalue weighted by Gasteiger charge is -2.08. The first kappa shape index (κ1) is 11.3. The molecule has 1 heterocycles. The summed E-state index contributed by atoms with van der Waals surface area (Å²) in [5, 5.41) is 3.83. The van der Waals surface area contributed by atoms with Crippen molar-refractivity contribution in [3.8, 4) is 5.75 Å². The summed E-state index contributed by atoms with van der Waals surface area (Å²) in [6, 6.07) is 8.17. The van der Waals surface area contributed by atoms with E-state index in [0.717, 1.165) is 30.0 Å². The number of aromatic nitrogens is 1. The SMILES string of the molecule is Cc1cc(COc2ccc3c(c2)CC[C@@H]3N)on1. The molecule has 1 aromatic carbocycles. The third-order valence-electron chi connectivity index (χ3n) is 3.30. The van der Waals surface area contributed by atoms with Gasteiger partial charge in [-0.25, -0.2) is 0 Å². The van der Waals surface area contributed by atoms with Crippen LogP contribution < -0.4 is 10.5 Å². The molecule has 2 aromatic rings. The predicted molar refractivity (Wildman–Crippen MR) is 67.3 cm³/mol. The van der Waals surface area contributed by atoms with Crippen LogP contribution in [-0.2, 0) is 13.0 Å². The monoisotopic (exact) mass is 244 g/mol. The smallest absolute Gasteiger partial charge is 0.174 e. The van der Waals surface area contributed by atoms with Gasteiger partial charge in [0, 0.05) is 12.1 Å². The highest BCUT2D eigenvalue weighted by atomic mass is 16.5. The Balaban J connectivity index is 1.70. The van der Waals surface area contributed by atoms with E-state index < -0.39 is 0 Å². The van der Waals surface area contributed by atoms with Crippen molar-refractivity contribution >= 4 is 0 Å². The van der Waals surface area contributed by atoms with Gasteiger partial charge in [0.2, 0.25) is 0 Å². The maximum atomic E-state index is 6.00. The van der Waals surface area contributed by atoms with Gasteiger partial charge in [0.1, 0.15) is 12.4 Å². The molecule has 0 bridgehead atoms. The molecular formula is C14H16N2O2. The van der Waals surface area contributed by atoms with Gasteiger partial charge in [-0.05, 0) is 43.0 Å². The number of nitrogens with zero attached hydrogens (tertiary/aromatic N) is 1. The normalized spacial score (nSPS) is 17.8. The van der Waals surface area contributed by atoms with Crippen molar-refractivity contribution in [3.05, 3.63) is 46.8 Å². The Morgan fingerprint density at radius 1 is 1.44 bits per heavy atom. The number of aryl methyl sites for hydroxylation is 2. The summed E-state index contributed by atoms with van der Waals surface area (Å²) >= 11 is 0. The molecule has 3 rings (SSSR count). The van der Waals surface area contributed by atoms with Crippen molar-refractivity contribution < 1.29 is 9.26 Å². The lowest BCUT2D eigenvalue weighted by atomic mass is 10.1. The predicted octanol–water partition coefficient (Wildman–Crippen LogP) is 2.51. The summed E-state index contributed by atoms with van der Waals surface area (Å²) in [6.45, 7) is 2.30. The fraction of sp³-hybridized carbons (Fsp3) is 0.357. The Hall–Kier alpha value is -1.81. The van der Waals surface area contributed by atoms with Gasteiger partial charge in [-0.2, -0.15) is 0 Å². The van der Waals surface area contributed by atoms with E-state index >= 15 is 0 Å². The second-order valence-electron chi connectivity index (χ2n) is 4.73. The average Bonchev–Trinajstić information content (AvgIpc) is 2.94. The highest BCUT2D eigenvalue weighted by Gasteiger charge is 2.19. The van der Waals surface area contributed by atoms with Crippen molar-refractivity contribution in [3.63, 3.8) is 0 Å². The summed E-state index contributed by atoms with van der Waals surface area (Å²) in [5.74, 6) is 1.60. The van der Waals surface area contributed by atoms with Gasteiger partial charge in [0.15, 0.2) is 5.76 Å². The van der Waals surface area contributed by atoms with E-state index in [0.29, 0.717) is 6.61 Å². The second kappa shape index (κ2) is 4.46. The van der Waals surface area contributed by atoms with Crippen molar-refractivity contribution in [2.45, 2.75) is 32.4 Å². The van der Waals surface area contributed by atoms with Crippen LogP contribution >= 0.6 is 0 Å². The highest BCUT2D eigenvalue weighted by molar-refractivity contribution is 5.40. The average molecular weight is 244 g/mol. The van der Waals surface area contributed by atoms with Gasteiger partial charge < -0.3 is 15.0 Å². The molecule has 1 aliphatic carbocycles. The third-order valence-corrected chi connectivity index (χ3v) is 3.30. The Morgan fingerprint density at radius 2 is 2.33 bits per heavy atom. The Morgan fingerprint density at radius 3 is 3.11 bits per heavy atom. The van der Waals surface area contributed by atoms with Gasteiger partial charge in [0.05, 0.1) is 5.69 Å². The number of benzene rings is 1. The van der Waals surface area contributed by atoms with Crippen LogP contribution in [0.25, 0.3) is 0 Å². The number of ether oxygens (including phenoxy) is 1. The molecule has 4 nitrogen and oxygen atoms in total. The van der Waals surface area contributed by atoms with E-state index in [1.807, 2.05) is 19.1 Å². The third kappa shape index (κ3) is 2.11. The molecule has 1 aliphatic rings. The molecular weight excluding hydrogens is 228 g/mol. The molecule has 94 valence electrons. The molecule has 2 N–H and O–H groups in total. The molecule has 0 unspecified atom stereocenters. The van der Waals surface area contributed by atoms with Gasteiger partial charge in [-0.1, -0.05) is 11.2 Å². The molecule has 0 radical (unpaired) electrons. The van der Waals surface area contributed by atoms with Crippen LogP contribution in [0.5, 0.6) is 5.75 Å². The van der Waals surface area contributed by atoms with Gasteiger partial charge >= 0.3 is 0 Å². The highest BCUT2D eigenvalue weighted by Crippen LogP contribution is 2.32. The topological polar surface area (TPSA) is 61.3 Å². The van der Waals surface area contributed by atoms with Crippen molar-refractivity contribution in [2.24, 2.45) is 5.73 Å². The van der Waals surface area contributed by atoms with Gasteiger partial charge in [-0.15, -0.1) is 0 Å². The van der Waals surface area contributed by atoms with E-state index in [1.54, 1.807) is 0 Å². The summed E-state index contributed by atoms with van der Waals surface area (Å²) in [5.41, 5.74) is 9.42. The molecule has 0 saturated carbocycles. The molecule has 0 aliphatic heterocycles. The first-order chi connectivity index (χ1) is 8.72. The molecule has 0 amide bonds. The largest absolute Gasteiger partial charge is 0.486 e. The number of hydrogen-bond donors (Lipinski definition) is 1. The Kier molecular flexibility index (Phi) is 2.80. The zero-order valence-corrected chi connectivity index (χ0v) is 10.3. The van der Waals surface area contributed by atoms with E-state index in [9.17, 15) is 0 Å². The molecule has 0 spiro atoms. The first-order valence-electron chi connectivity index (χ1n) is 6.16. The van der Waals surface area contributed by atoms with Crippen LogP contribution in [0.2, 0.25) is 0 Å². The van der Waals surface area contributed by atoms with E-state index in [4.69, 9.17) is 15.0 Å². The van der Waals surface area contributed by atoms with Crippen LogP contribution in [0, 0.1) is 6.92 Å². The molecule has 1 aromatic heterocycles. The number of fused-ring (bicyclic) bond motifs is 1.